The van der Waals surface area contributed by atoms with Gasteiger partial charge in [-0.1, -0.05) is 0 Å². The maximum absolute atomic E-state index is 11.8. The number of H-pyrrole nitrogens is 1. The topological polar surface area (TPSA) is 121 Å². The lowest BCUT2D eigenvalue weighted by Crippen LogP contribution is -2.14. The van der Waals surface area contributed by atoms with Crippen LogP contribution in [0.1, 0.15) is 20.7 Å². The Kier molecular flexibility index (Phi) is 2.96. The molecule has 0 saturated carbocycles. The number of aromatic amines is 1. The van der Waals surface area contributed by atoms with Crippen molar-refractivity contribution in [3.8, 4) is 0 Å². The first-order valence-electron chi connectivity index (χ1n) is 5.01. The number of carboxylic acid groups (broad SMARTS) is 1. The summed E-state index contributed by atoms with van der Waals surface area (Å²) in [6.07, 6.45) is 2.74. The molecular weight excluding hydrogens is 236 g/mol. The van der Waals surface area contributed by atoms with Gasteiger partial charge in [0.05, 0.1) is 23.0 Å². The zero-order valence-electron chi connectivity index (χ0n) is 9.18. The summed E-state index contributed by atoms with van der Waals surface area (Å²) in [5, 5.41) is 17.6. The number of nitrogen functional groups attached to an aromatic ring is 1. The number of anilines is 2. The molecule has 7 nitrogen and oxygen atoms in total. The zero-order chi connectivity index (χ0) is 13.1. The number of nitrogens with two attached hydrogens (primary N) is 1. The first kappa shape index (κ1) is 11.6. The minimum Gasteiger partial charge on any atom is -0.478 e. The van der Waals surface area contributed by atoms with Gasteiger partial charge in [0.25, 0.3) is 5.91 Å². The summed E-state index contributed by atoms with van der Waals surface area (Å²) >= 11 is 0. The Balaban J connectivity index is 2.31. The lowest BCUT2D eigenvalue weighted by molar-refractivity contribution is 0.0698. The number of aromatic carboxylic acids is 1. The summed E-state index contributed by atoms with van der Waals surface area (Å²) in [5.41, 5.74) is 6.34. The highest BCUT2D eigenvalue weighted by atomic mass is 16.4. The molecule has 0 bridgehead atoms. The molecule has 5 N–H and O–H groups in total. The van der Waals surface area contributed by atoms with E-state index in [0.29, 0.717) is 11.3 Å². The number of hydrogen-bond donors (Lipinski definition) is 4. The van der Waals surface area contributed by atoms with Crippen LogP contribution in [0.25, 0.3) is 0 Å². The molecular formula is C11H10N4O3. The fourth-order valence-electron chi connectivity index (χ4n) is 1.42. The first-order chi connectivity index (χ1) is 8.58. The normalized spacial score (nSPS) is 10.0. The van der Waals surface area contributed by atoms with E-state index in [0.717, 1.165) is 0 Å². The number of carbonyl (C=O) groups is 2. The molecule has 18 heavy (non-hydrogen) atoms. The standard InChI is InChI=1S/C11H10N4O3/c12-7-1-2-8(11(17)18)9(3-7)15-10(16)6-4-13-14-5-6/h1-5H,12H2,(H,13,14)(H,15,16)(H,17,18). The van der Waals surface area contributed by atoms with E-state index in [1.807, 2.05) is 0 Å². The van der Waals surface area contributed by atoms with E-state index in [9.17, 15) is 9.59 Å². The number of amides is 1. The number of rotatable bonds is 3. The quantitative estimate of drug-likeness (QED) is 0.600. The molecule has 1 aromatic carbocycles. The number of nitrogens with one attached hydrogen (secondary N) is 2. The van der Waals surface area contributed by atoms with Crippen molar-refractivity contribution >= 4 is 23.3 Å². The fourth-order valence-corrected chi connectivity index (χ4v) is 1.42. The SMILES string of the molecule is Nc1ccc(C(=O)O)c(NC(=O)c2cn[nH]c2)c1. The number of nitrogens with zero attached hydrogens (tertiary/aromatic N) is 1. The molecule has 1 amide bonds. The highest BCUT2D eigenvalue weighted by molar-refractivity contribution is 6.07. The molecule has 2 aromatic rings. The van der Waals surface area contributed by atoms with Crippen LogP contribution < -0.4 is 11.1 Å². The molecule has 2 rings (SSSR count). The summed E-state index contributed by atoms with van der Waals surface area (Å²) in [5.74, 6) is -1.60. The van der Waals surface area contributed by atoms with E-state index in [2.05, 4.69) is 15.5 Å². The monoisotopic (exact) mass is 246 g/mol. The van der Waals surface area contributed by atoms with Crippen LogP contribution in [0.3, 0.4) is 0 Å². The summed E-state index contributed by atoms with van der Waals surface area (Å²) in [7, 11) is 0. The second-order valence-electron chi connectivity index (χ2n) is 3.55. The number of benzene rings is 1. The van der Waals surface area contributed by atoms with Crippen LogP contribution in [0.2, 0.25) is 0 Å². The maximum Gasteiger partial charge on any atom is 0.337 e. The van der Waals surface area contributed by atoms with E-state index in [4.69, 9.17) is 10.8 Å². The molecule has 1 heterocycles. The molecule has 0 atom stereocenters. The Labute approximate surface area is 102 Å². The van der Waals surface area contributed by atoms with Gasteiger partial charge in [-0.2, -0.15) is 5.10 Å². The molecule has 0 radical (unpaired) electrons. The van der Waals surface area contributed by atoms with E-state index < -0.39 is 11.9 Å². The molecule has 0 aliphatic heterocycles. The van der Waals surface area contributed by atoms with Crippen molar-refractivity contribution in [3.05, 3.63) is 41.7 Å². The molecule has 0 fully saturated rings. The summed E-state index contributed by atoms with van der Waals surface area (Å²) in [6.45, 7) is 0. The van der Waals surface area contributed by atoms with Gasteiger partial charge < -0.3 is 16.2 Å². The molecule has 0 unspecified atom stereocenters. The lowest BCUT2D eigenvalue weighted by Gasteiger charge is -2.08. The van der Waals surface area contributed by atoms with Crippen LogP contribution in [-0.2, 0) is 0 Å². The van der Waals surface area contributed by atoms with Gasteiger partial charge in [0.15, 0.2) is 0 Å². The van der Waals surface area contributed by atoms with E-state index in [1.165, 1.54) is 30.6 Å². The predicted molar refractivity (Wildman–Crippen MR) is 64.4 cm³/mol. The minimum atomic E-state index is -1.14. The van der Waals surface area contributed by atoms with Crippen molar-refractivity contribution in [1.29, 1.82) is 0 Å². The number of carbonyl (C=O) groups excluding carboxylic acids is 1. The van der Waals surface area contributed by atoms with Gasteiger partial charge in [-0.05, 0) is 18.2 Å². The summed E-state index contributed by atoms with van der Waals surface area (Å²) < 4.78 is 0. The van der Waals surface area contributed by atoms with Gasteiger partial charge in [0.2, 0.25) is 0 Å². The van der Waals surface area contributed by atoms with E-state index in [1.54, 1.807) is 0 Å². The first-order valence-corrected chi connectivity index (χ1v) is 5.01. The number of carboxylic acids is 1. The fraction of sp³-hybridized carbons (Fsp3) is 0. The molecule has 0 spiro atoms. The highest BCUT2D eigenvalue weighted by Gasteiger charge is 2.14. The van der Waals surface area contributed by atoms with Crippen molar-refractivity contribution in [1.82, 2.24) is 10.2 Å². The molecule has 0 aliphatic rings. The Hall–Kier alpha value is -2.83. The van der Waals surface area contributed by atoms with Gasteiger partial charge in [0, 0.05) is 11.9 Å². The van der Waals surface area contributed by atoms with Gasteiger partial charge >= 0.3 is 5.97 Å². The van der Waals surface area contributed by atoms with Crippen molar-refractivity contribution in [2.24, 2.45) is 0 Å². The number of aromatic nitrogens is 2. The molecule has 0 aliphatic carbocycles. The van der Waals surface area contributed by atoms with Crippen molar-refractivity contribution < 1.29 is 14.7 Å². The Morgan fingerprint density at radius 1 is 1.39 bits per heavy atom. The van der Waals surface area contributed by atoms with E-state index in [-0.39, 0.29) is 11.3 Å². The molecule has 7 heteroatoms. The summed E-state index contributed by atoms with van der Waals surface area (Å²) in [6, 6.07) is 4.18. The van der Waals surface area contributed by atoms with Gasteiger partial charge in [0.1, 0.15) is 0 Å². The van der Waals surface area contributed by atoms with Crippen molar-refractivity contribution in [2.75, 3.05) is 11.1 Å². The van der Waals surface area contributed by atoms with Crippen LogP contribution >= 0.6 is 0 Å². The maximum atomic E-state index is 11.8. The molecule has 1 aromatic heterocycles. The van der Waals surface area contributed by atoms with E-state index >= 15 is 0 Å². The predicted octanol–water partition coefficient (Wildman–Crippen LogP) is 0.942. The zero-order valence-corrected chi connectivity index (χ0v) is 9.18. The third kappa shape index (κ3) is 2.29. The van der Waals surface area contributed by atoms with Crippen molar-refractivity contribution in [2.45, 2.75) is 0 Å². The second kappa shape index (κ2) is 4.58. The van der Waals surface area contributed by atoms with Gasteiger partial charge in [-0.25, -0.2) is 4.79 Å². The van der Waals surface area contributed by atoms with Crippen LogP contribution in [-0.4, -0.2) is 27.2 Å². The van der Waals surface area contributed by atoms with Gasteiger partial charge in [-0.15, -0.1) is 0 Å². The third-order valence-corrected chi connectivity index (χ3v) is 2.28. The van der Waals surface area contributed by atoms with Gasteiger partial charge in [-0.3, -0.25) is 9.89 Å². The smallest absolute Gasteiger partial charge is 0.337 e. The minimum absolute atomic E-state index is 0.0268. The average molecular weight is 246 g/mol. The summed E-state index contributed by atoms with van der Waals surface area (Å²) in [4.78, 5) is 22.7. The average Bonchev–Trinajstić information content (AvgIpc) is 2.81. The third-order valence-electron chi connectivity index (χ3n) is 2.28. The van der Waals surface area contributed by atoms with Crippen LogP contribution in [0.5, 0.6) is 0 Å². The van der Waals surface area contributed by atoms with Crippen LogP contribution in [0, 0.1) is 0 Å². The Morgan fingerprint density at radius 3 is 2.78 bits per heavy atom. The van der Waals surface area contributed by atoms with Crippen molar-refractivity contribution in [3.63, 3.8) is 0 Å². The Morgan fingerprint density at radius 2 is 2.17 bits per heavy atom. The van der Waals surface area contributed by atoms with Crippen LogP contribution in [0.4, 0.5) is 11.4 Å². The lowest BCUT2D eigenvalue weighted by atomic mass is 10.1. The molecule has 0 saturated heterocycles. The van der Waals surface area contributed by atoms with Crippen LogP contribution in [0.15, 0.2) is 30.6 Å². The second-order valence-corrected chi connectivity index (χ2v) is 3.55. The number of hydrogen-bond acceptors (Lipinski definition) is 4. The molecule has 92 valence electrons. The Bertz CT molecular complexity index is 592. The largest absolute Gasteiger partial charge is 0.478 e. The highest BCUT2D eigenvalue weighted by Crippen LogP contribution is 2.20.